The maximum atomic E-state index is 5.55. The average Bonchev–Trinajstić information content (AvgIpc) is 2.83. The molecule has 0 fully saturated rings. The first kappa shape index (κ1) is 12.6. The summed E-state index contributed by atoms with van der Waals surface area (Å²) >= 11 is 0. The van der Waals surface area contributed by atoms with Gasteiger partial charge in [-0.05, 0) is 43.7 Å². The van der Waals surface area contributed by atoms with Gasteiger partial charge >= 0.3 is 0 Å². The molecule has 3 aromatic rings. The molecular weight excluding hydrogens is 250 g/mol. The molecule has 2 aromatic heterocycles. The summed E-state index contributed by atoms with van der Waals surface area (Å²) in [5.41, 5.74) is 9.74. The summed E-state index contributed by atoms with van der Waals surface area (Å²) in [6, 6.07) is 10.3. The number of nitrogens with one attached hydrogen (secondary N) is 1. The number of benzene rings is 1. The summed E-state index contributed by atoms with van der Waals surface area (Å²) in [4.78, 5) is 4.38. The van der Waals surface area contributed by atoms with Crippen molar-refractivity contribution in [3.8, 4) is 0 Å². The van der Waals surface area contributed by atoms with Crippen LogP contribution in [0.2, 0.25) is 0 Å². The number of rotatable bonds is 4. The van der Waals surface area contributed by atoms with Crippen LogP contribution in [0, 0.1) is 6.92 Å². The Morgan fingerprint density at radius 3 is 2.80 bits per heavy atom. The van der Waals surface area contributed by atoms with Gasteiger partial charge in [-0.2, -0.15) is 5.10 Å². The molecule has 2 heterocycles. The second-order valence-electron chi connectivity index (χ2n) is 4.75. The molecular formula is C15H17N5. The molecule has 0 saturated carbocycles. The van der Waals surface area contributed by atoms with E-state index in [-0.39, 0.29) is 0 Å². The minimum Gasteiger partial charge on any atom is -0.338 e. The molecule has 0 unspecified atom stereocenters. The molecule has 102 valence electrons. The van der Waals surface area contributed by atoms with Crippen molar-refractivity contribution in [1.82, 2.24) is 14.6 Å². The Labute approximate surface area is 117 Å². The highest BCUT2D eigenvalue weighted by molar-refractivity contribution is 5.73. The van der Waals surface area contributed by atoms with Gasteiger partial charge in [0.25, 0.3) is 0 Å². The number of hydrogen-bond donors (Lipinski definition) is 2. The fourth-order valence-electron chi connectivity index (χ4n) is 2.20. The van der Waals surface area contributed by atoms with Crippen LogP contribution in [-0.2, 0) is 6.42 Å². The molecule has 3 rings (SSSR count). The van der Waals surface area contributed by atoms with Crippen molar-refractivity contribution in [2.45, 2.75) is 13.3 Å². The van der Waals surface area contributed by atoms with E-state index in [0.29, 0.717) is 6.54 Å². The monoisotopic (exact) mass is 267 g/mol. The summed E-state index contributed by atoms with van der Waals surface area (Å²) in [7, 11) is 0. The number of hydrogen-bond acceptors (Lipinski definition) is 4. The summed E-state index contributed by atoms with van der Waals surface area (Å²) < 4.78 is 1.83. The maximum Gasteiger partial charge on any atom is 0.156 e. The van der Waals surface area contributed by atoms with Crippen LogP contribution in [0.5, 0.6) is 0 Å². The van der Waals surface area contributed by atoms with E-state index in [1.54, 1.807) is 6.20 Å². The molecule has 20 heavy (non-hydrogen) atoms. The van der Waals surface area contributed by atoms with E-state index in [0.717, 1.165) is 29.1 Å². The standard InChI is InChI=1S/C15H17N5/c1-11-10-14-15(17-8-9-20(14)19-11)18-13-4-2-12(3-5-13)6-7-16/h2-5,8-10H,6-7,16H2,1H3,(H,17,18). The van der Waals surface area contributed by atoms with Crippen LogP contribution in [0.15, 0.2) is 42.7 Å². The van der Waals surface area contributed by atoms with Crippen LogP contribution in [-0.4, -0.2) is 21.1 Å². The highest BCUT2D eigenvalue weighted by Crippen LogP contribution is 2.20. The second kappa shape index (κ2) is 5.30. The quantitative estimate of drug-likeness (QED) is 0.761. The highest BCUT2D eigenvalue weighted by Gasteiger charge is 2.05. The summed E-state index contributed by atoms with van der Waals surface area (Å²) in [6.45, 7) is 2.64. The lowest BCUT2D eigenvalue weighted by Gasteiger charge is -2.07. The number of anilines is 2. The van der Waals surface area contributed by atoms with Gasteiger partial charge in [0.2, 0.25) is 0 Å². The van der Waals surface area contributed by atoms with Crippen molar-refractivity contribution in [2.75, 3.05) is 11.9 Å². The molecule has 1 aromatic carbocycles. The largest absolute Gasteiger partial charge is 0.338 e. The van der Waals surface area contributed by atoms with Crippen molar-refractivity contribution >= 4 is 17.0 Å². The van der Waals surface area contributed by atoms with Crippen LogP contribution in [0.3, 0.4) is 0 Å². The zero-order chi connectivity index (χ0) is 13.9. The SMILES string of the molecule is Cc1cc2c(Nc3ccc(CCN)cc3)nccn2n1. The van der Waals surface area contributed by atoms with Crippen molar-refractivity contribution in [1.29, 1.82) is 0 Å². The molecule has 3 N–H and O–H groups in total. The third-order valence-corrected chi connectivity index (χ3v) is 3.16. The zero-order valence-electron chi connectivity index (χ0n) is 11.4. The molecule has 5 heteroatoms. The van der Waals surface area contributed by atoms with Gasteiger partial charge in [-0.15, -0.1) is 0 Å². The van der Waals surface area contributed by atoms with E-state index in [4.69, 9.17) is 5.73 Å². The number of aryl methyl sites for hydroxylation is 1. The van der Waals surface area contributed by atoms with E-state index in [1.807, 2.05) is 35.8 Å². The number of nitrogens with two attached hydrogens (primary N) is 1. The van der Waals surface area contributed by atoms with Crippen molar-refractivity contribution < 1.29 is 0 Å². The van der Waals surface area contributed by atoms with Gasteiger partial charge in [-0.25, -0.2) is 9.50 Å². The predicted molar refractivity (Wildman–Crippen MR) is 80.2 cm³/mol. The van der Waals surface area contributed by atoms with Gasteiger partial charge in [0.15, 0.2) is 5.82 Å². The average molecular weight is 267 g/mol. The minimum atomic E-state index is 0.669. The molecule has 0 aliphatic carbocycles. The van der Waals surface area contributed by atoms with Gasteiger partial charge in [0.05, 0.1) is 5.69 Å². The van der Waals surface area contributed by atoms with Crippen molar-refractivity contribution in [3.63, 3.8) is 0 Å². The van der Waals surface area contributed by atoms with Crippen LogP contribution in [0.4, 0.5) is 11.5 Å². The van der Waals surface area contributed by atoms with E-state index >= 15 is 0 Å². The van der Waals surface area contributed by atoms with Crippen molar-refractivity contribution in [3.05, 3.63) is 54.0 Å². The van der Waals surface area contributed by atoms with Crippen molar-refractivity contribution in [2.24, 2.45) is 5.73 Å². The van der Waals surface area contributed by atoms with Crippen LogP contribution in [0.1, 0.15) is 11.3 Å². The molecule has 0 radical (unpaired) electrons. The minimum absolute atomic E-state index is 0.669. The van der Waals surface area contributed by atoms with Crippen LogP contribution >= 0.6 is 0 Å². The Morgan fingerprint density at radius 1 is 1.25 bits per heavy atom. The van der Waals surface area contributed by atoms with E-state index in [9.17, 15) is 0 Å². The molecule has 5 nitrogen and oxygen atoms in total. The molecule has 0 amide bonds. The summed E-state index contributed by atoms with van der Waals surface area (Å²) in [5.74, 6) is 0.805. The summed E-state index contributed by atoms with van der Waals surface area (Å²) in [6.07, 6.45) is 4.48. The molecule has 0 atom stereocenters. The smallest absolute Gasteiger partial charge is 0.156 e. The lowest BCUT2D eigenvalue weighted by Crippen LogP contribution is -2.02. The summed E-state index contributed by atoms with van der Waals surface area (Å²) in [5, 5.41) is 7.70. The number of nitrogens with zero attached hydrogens (tertiary/aromatic N) is 3. The van der Waals surface area contributed by atoms with Gasteiger partial charge in [-0.1, -0.05) is 12.1 Å². The first-order chi connectivity index (χ1) is 9.76. The maximum absolute atomic E-state index is 5.55. The highest BCUT2D eigenvalue weighted by atomic mass is 15.2. The number of aromatic nitrogens is 3. The van der Waals surface area contributed by atoms with E-state index < -0.39 is 0 Å². The topological polar surface area (TPSA) is 68.2 Å². The molecule has 0 bridgehead atoms. The molecule has 0 aliphatic rings. The van der Waals surface area contributed by atoms with Gasteiger partial charge in [-0.3, -0.25) is 0 Å². The van der Waals surface area contributed by atoms with E-state index in [1.165, 1.54) is 5.56 Å². The molecule has 0 saturated heterocycles. The van der Waals surface area contributed by atoms with E-state index in [2.05, 4.69) is 27.5 Å². The third-order valence-electron chi connectivity index (χ3n) is 3.16. The Balaban J connectivity index is 1.88. The lowest BCUT2D eigenvalue weighted by atomic mass is 10.1. The second-order valence-corrected chi connectivity index (χ2v) is 4.75. The molecule has 0 aliphatic heterocycles. The van der Waals surface area contributed by atoms with Crippen LogP contribution < -0.4 is 11.1 Å². The number of fused-ring (bicyclic) bond motifs is 1. The van der Waals surface area contributed by atoms with Crippen LogP contribution in [0.25, 0.3) is 5.52 Å². The van der Waals surface area contributed by atoms with Gasteiger partial charge < -0.3 is 11.1 Å². The molecule has 0 spiro atoms. The first-order valence-corrected chi connectivity index (χ1v) is 6.63. The third kappa shape index (κ3) is 2.48. The Hall–Kier alpha value is -2.40. The normalized spacial score (nSPS) is 10.9. The van der Waals surface area contributed by atoms with Gasteiger partial charge in [0.1, 0.15) is 5.52 Å². The Bertz CT molecular complexity index is 715. The predicted octanol–water partition coefficient (Wildman–Crippen LogP) is 2.28. The first-order valence-electron chi connectivity index (χ1n) is 6.63. The fourth-order valence-corrected chi connectivity index (χ4v) is 2.20. The fraction of sp³-hybridized carbons (Fsp3) is 0.200. The lowest BCUT2D eigenvalue weighted by molar-refractivity contribution is 0.924. The van der Waals surface area contributed by atoms with Gasteiger partial charge in [0, 0.05) is 18.1 Å². The Kier molecular flexibility index (Phi) is 3.35. The Morgan fingerprint density at radius 2 is 2.05 bits per heavy atom. The zero-order valence-corrected chi connectivity index (χ0v) is 11.4.